The van der Waals surface area contributed by atoms with Crippen molar-refractivity contribution in [1.29, 1.82) is 0 Å². The van der Waals surface area contributed by atoms with Crippen LogP contribution in [0.2, 0.25) is 0 Å². The number of unbranched alkanes of at least 4 members (excludes halogenated alkanes) is 8. The number of β-amino-alcohol motifs (C(OH)–C–C–N with tert-alkyl or cyclic N) is 1. The molecule has 0 aliphatic carbocycles. The molecule has 11 rings (SSSR count). The Morgan fingerprint density at radius 1 is 0.301 bits per heavy atom. The molecule has 3 aliphatic heterocycles. The van der Waals surface area contributed by atoms with Crippen LogP contribution in [-0.4, -0.2) is 223 Å². The molecule has 19 nitrogen and oxygen atoms in total. The summed E-state index contributed by atoms with van der Waals surface area (Å²) in [6.45, 7) is 38.9. The molecule has 8 aromatic carbocycles. The fourth-order valence-corrected chi connectivity index (χ4v) is 16.3. The molecule has 0 saturated carbocycles. The molecule has 0 radical (unpaired) electrons. The van der Waals surface area contributed by atoms with Gasteiger partial charge in [0, 0.05) is 62.1 Å². The zero-order valence-corrected chi connectivity index (χ0v) is 88.9. The fourth-order valence-electron chi connectivity index (χ4n) is 15.2. The monoisotopic (exact) mass is 2070 g/mol. The highest BCUT2D eigenvalue weighted by molar-refractivity contribution is 9.09. The Balaban J connectivity index is 0.000000290. The number of ether oxygens (including phenoxy) is 11. The second-order valence-electron chi connectivity index (χ2n) is 40.5. The van der Waals surface area contributed by atoms with Crippen molar-refractivity contribution in [1.82, 2.24) is 15.1 Å². The van der Waals surface area contributed by atoms with Gasteiger partial charge < -0.3 is 83.0 Å². The average Bonchev–Trinajstić information content (AvgIpc) is 0.765. The largest absolute Gasteiger partial charge is 0.396 e. The number of halogens is 3. The van der Waals surface area contributed by atoms with Crippen molar-refractivity contribution < 1.29 is 77.6 Å². The van der Waals surface area contributed by atoms with Gasteiger partial charge in [-0.25, -0.2) is 0 Å². The van der Waals surface area contributed by atoms with Crippen LogP contribution in [0.1, 0.15) is 205 Å². The van der Waals surface area contributed by atoms with Crippen molar-refractivity contribution in [3.8, 4) is 0 Å². The highest BCUT2D eigenvalue weighted by Gasteiger charge is 2.47. The average molecular weight is 2080 g/mol. The van der Waals surface area contributed by atoms with Gasteiger partial charge in [-0.1, -0.05) is 386 Å². The van der Waals surface area contributed by atoms with Crippen LogP contribution < -0.4 is 5.32 Å². The van der Waals surface area contributed by atoms with Crippen LogP contribution >= 0.6 is 47.8 Å². The minimum atomic E-state index is -1.18. The highest BCUT2D eigenvalue weighted by Crippen LogP contribution is 2.32. The lowest BCUT2D eigenvalue weighted by atomic mass is 9.92. The van der Waals surface area contributed by atoms with Gasteiger partial charge in [-0.2, -0.15) is 0 Å². The second-order valence-corrected chi connectivity index (χ2v) is 42.8. The molecule has 0 spiro atoms. The van der Waals surface area contributed by atoms with Crippen LogP contribution in [0.25, 0.3) is 0 Å². The number of likely N-dealkylation sites (tertiary alicyclic amines) is 2. The van der Waals surface area contributed by atoms with Gasteiger partial charge in [0.2, 0.25) is 0 Å². The first kappa shape index (κ1) is 119. The van der Waals surface area contributed by atoms with E-state index in [0.717, 1.165) is 152 Å². The molecular formula is C114H170Br3N3O16. The zero-order chi connectivity index (χ0) is 98.3. The Morgan fingerprint density at radius 2 is 0.588 bits per heavy atom. The number of hydrogen-bond acceptors (Lipinski definition) is 19. The van der Waals surface area contributed by atoms with E-state index in [4.69, 9.17) is 57.2 Å². The van der Waals surface area contributed by atoms with E-state index in [9.17, 15) is 20.4 Å². The van der Waals surface area contributed by atoms with E-state index in [1.165, 1.54) is 38.5 Å². The number of hydrogen-bond donors (Lipinski definition) is 6. The smallest absolute Gasteiger partial charge is 0.113 e. The summed E-state index contributed by atoms with van der Waals surface area (Å²) < 4.78 is 70.1. The van der Waals surface area contributed by atoms with Crippen LogP contribution in [-0.2, 0) is 105 Å². The third kappa shape index (κ3) is 53.5. The normalized spacial score (nSPS) is 20.4. The number of alkyl halides is 3. The van der Waals surface area contributed by atoms with Crippen LogP contribution in [0.3, 0.4) is 0 Å². The Labute approximate surface area is 844 Å². The van der Waals surface area contributed by atoms with Gasteiger partial charge in [-0.15, -0.1) is 0 Å². The lowest BCUT2D eigenvalue weighted by Gasteiger charge is -2.48. The first-order valence-corrected chi connectivity index (χ1v) is 53.0. The molecule has 136 heavy (non-hydrogen) atoms. The number of aliphatic hydroxyl groups is 5. The molecule has 0 aromatic heterocycles. The molecule has 0 bridgehead atoms. The maximum absolute atomic E-state index is 9.90. The van der Waals surface area contributed by atoms with E-state index >= 15 is 0 Å². The van der Waals surface area contributed by atoms with Crippen molar-refractivity contribution >= 4 is 47.8 Å². The molecule has 758 valence electrons. The van der Waals surface area contributed by atoms with E-state index in [-0.39, 0.29) is 84.7 Å². The summed E-state index contributed by atoms with van der Waals surface area (Å²) >= 11 is 10.1. The summed E-state index contributed by atoms with van der Waals surface area (Å²) in [6, 6.07) is 82.0. The molecular weight excluding hydrogens is 1910 g/mol. The van der Waals surface area contributed by atoms with E-state index in [2.05, 4.69) is 266 Å². The first-order chi connectivity index (χ1) is 65.6. The van der Waals surface area contributed by atoms with E-state index < -0.39 is 24.4 Å². The van der Waals surface area contributed by atoms with Crippen molar-refractivity contribution in [2.24, 2.45) is 21.7 Å². The van der Waals surface area contributed by atoms with Crippen LogP contribution in [0.15, 0.2) is 243 Å². The molecule has 3 fully saturated rings. The number of rotatable bonds is 51. The maximum atomic E-state index is 9.90. The standard InChI is InChI=1S/C44H57NO5.C34H37NO4.C16H33NO5.C10H21BrO.C5H10Br2.C5H12O/c1-44(2,3)35-46-28-18-8-17-27-45-29-41(48-31-37-21-11-5-12-22-37)43(50-33-39-25-15-7-16-26-39)42(49-32-38-23-13-6-14-24-38)40(45)34-47-30-36-19-9-4-10-20-36;1-5-13-27(14-6-1)22-36-26-31-33(38-24-29-17-9-3-10-18-29)34(39-25-30-19-11-4-12-20-30)32(21-35-31)37-23-28-15-7-2-8-16-28;1-16(2,3)11-22-8-6-4-5-7-17-9-13(19)15(21)14(20)12(17)10-18;1-10(2,3)9-12-8-6-4-5-7-11;6-4-2-1-3-5-7;1-5(2,3)4-6/h4-7,9-16,19-26,40-43H,8,17-18,27-35H2,1-3H3;1-20,31-35H,21-26H2;12-15,18-21H,4-11H2,1-3H3;4-9H2,1-3H3;1-5H2;6H,4H2,1-3H3/t40-,41+,42-,43-;31-,32+,33-,34-;12-,13+,14-,15-;;;/m111.../s1. The molecule has 3 aliphatic rings. The molecule has 8 aromatic rings. The number of nitrogens with zero attached hydrogens (tertiary/aromatic N) is 2. The van der Waals surface area contributed by atoms with E-state index in [1.807, 2.05) is 123 Å². The summed E-state index contributed by atoms with van der Waals surface area (Å²) in [6.07, 6.45) is 9.03. The molecule has 3 heterocycles. The molecule has 0 amide bonds. The lowest BCUT2D eigenvalue weighted by Crippen LogP contribution is -2.64. The van der Waals surface area contributed by atoms with E-state index in [0.29, 0.717) is 84.6 Å². The van der Waals surface area contributed by atoms with Gasteiger partial charge in [0.05, 0.1) is 129 Å². The first-order valence-electron chi connectivity index (χ1n) is 49.6. The van der Waals surface area contributed by atoms with Gasteiger partial charge in [0.25, 0.3) is 0 Å². The van der Waals surface area contributed by atoms with Crippen LogP contribution in [0.4, 0.5) is 0 Å². The molecule has 3 saturated heterocycles. The summed E-state index contributed by atoms with van der Waals surface area (Å²) in [7, 11) is 0. The van der Waals surface area contributed by atoms with Crippen molar-refractivity contribution in [3.63, 3.8) is 0 Å². The third-order valence-electron chi connectivity index (χ3n) is 22.6. The van der Waals surface area contributed by atoms with Crippen molar-refractivity contribution in [2.75, 3.05) is 115 Å². The van der Waals surface area contributed by atoms with E-state index in [1.54, 1.807) is 0 Å². The van der Waals surface area contributed by atoms with Gasteiger partial charge in [-0.05, 0) is 143 Å². The number of nitrogens with one attached hydrogen (secondary N) is 1. The third-order valence-corrected chi connectivity index (χ3v) is 24.3. The Morgan fingerprint density at radius 3 is 0.919 bits per heavy atom. The van der Waals surface area contributed by atoms with Crippen molar-refractivity contribution in [2.45, 2.75) is 286 Å². The number of aliphatic hydroxyl groups excluding tert-OH is 5. The SMILES string of the molecule is BrCCCCCBr.CC(C)(C)CO.CC(C)(C)COCCCCCBr.CC(C)(C)COCCCCCN1C[C@H](O)[C@@H](O)[C@H](O)[C@H]1CO.CC(C)(C)COCCCCCN1C[C@H](OCc2ccccc2)[C@@H](OCc2ccccc2)[C@H](OCc2ccccc2)[C@H]1COCc1ccccc1.c1ccc(COC[C@H]2NC[C@H](OCc3ccccc3)[C@@H](OCc3ccccc3)[C@@H]2OCc2ccccc2)cc1. The Kier molecular flexibility index (Phi) is 61.5. The lowest BCUT2D eigenvalue weighted by molar-refractivity contribution is -0.210. The van der Waals surface area contributed by atoms with Gasteiger partial charge in [-0.3, -0.25) is 9.80 Å². The topological polar surface area (TPSA) is 221 Å². The fraction of sp³-hybridized carbons (Fsp3) is 0.579. The minimum Gasteiger partial charge on any atom is -0.396 e. The van der Waals surface area contributed by atoms with Crippen LogP contribution in [0.5, 0.6) is 0 Å². The quantitative estimate of drug-likeness (QED) is 0.0154. The summed E-state index contributed by atoms with van der Waals surface area (Å²) in [4.78, 5) is 4.40. The molecule has 6 N–H and O–H groups in total. The number of piperidine rings is 3. The predicted molar refractivity (Wildman–Crippen MR) is 564 cm³/mol. The predicted octanol–water partition coefficient (Wildman–Crippen LogP) is 22.4. The van der Waals surface area contributed by atoms with Crippen LogP contribution in [0, 0.1) is 21.7 Å². The summed E-state index contributed by atoms with van der Waals surface area (Å²) in [5.74, 6) is 0. The molecule has 12 atom stereocenters. The summed E-state index contributed by atoms with van der Waals surface area (Å²) in [5, 5.41) is 54.1. The van der Waals surface area contributed by atoms with Crippen molar-refractivity contribution in [3.05, 3.63) is 287 Å². The molecule has 22 heteroatoms. The molecule has 0 unspecified atom stereocenters. The number of benzene rings is 8. The van der Waals surface area contributed by atoms with Gasteiger partial charge >= 0.3 is 0 Å². The highest BCUT2D eigenvalue weighted by atomic mass is 79.9. The second kappa shape index (κ2) is 70.2. The maximum Gasteiger partial charge on any atom is 0.113 e. The Bertz CT molecular complexity index is 4130. The van der Waals surface area contributed by atoms with Gasteiger partial charge in [0.15, 0.2) is 0 Å². The minimum absolute atomic E-state index is 0.0167. The zero-order valence-electron chi connectivity index (χ0n) is 84.1. The summed E-state index contributed by atoms with van der Waals surface area (Å²) in [5.41, 5.74) is 9.88. The van der Waals surface area contributed by atoms with Gasteiger partial charge in [0.1, 0.15) is 36.6 Å². The Hall–Kier alpha value is -5.56.